The number of methoxy groups -OCH3 is 2. The maximum atomic E-state index is 13.7. The molecule has 1 aliphatic heterocycles. The summed E-state index contributed by atoms with van der Waals surface area (Å²) in [6, 6.07) is 7.72. The van der Waals surface area contributed by atoms with Gasteiger partial charge in [0.2, 0.25) is 0 Å². The average molecular weight is 546 g/mol. The average Bonchev–Trinajstić information content (AvgIpc) is 3.32. The van der Waals surface area contributed by atoms with E-state index in [2.05, 4.69) is 27.3 Å². The first-order chi connectivity index (χ1) is 16.2. The van der Waals surface area contributed by atoms with Gasteiger partial charge in [-0.3, -0.25) is 4.79 Å². The molecular weight excluding hydrogens is 518 g/mol. The topological polar surface area (TPSA) is 73.9 Å². The van der Waals surface area contributed by atoms with Gasteiger partial charge in [-0.25, -0.2) is 4.79 Å². The summed E-state index contributed by atoms with van der Waals surface area (Å²) < 4.78 is 17.6. The quantitative estimate of drug-likeness (QED) is 0.459. The number of nitrogens with one attached hydrogen (secondary N) is 1. The van der Waals surface area contributed by atoms with E-state index in [-0.39, 0.29) is 17.8 Å². The van der Waals surface area contributed by atoms with Crippen LogP contribution < -0.4 is 14.8 Å². The van der Waals surface area contributed by atoms with Crippen molar-refractivity contribution >= 4 is 39.0 Å². The van der Waals surface area contributed by atoms with Gasteiger partial charge in [0.1, 0.15) is 11.5 Å². The third-order valence-electron chi connectivity index (χ3n) is 6.15. The minimum absolute atomic E-state index is 0.0171. The molecule has 0 unspecified atom stereocenters. The molecule has 0 bridgehead atoms. The van der Waals surface area contributed by atoms with Gasteiger partial charge < -0.3 is 19.5 Å². The molecule has 1 aromatic heterocycles. The van der Waals surface area contributed by atoms with Gasteiger partial charge in [-0.2, -0.15) is 0 Å². The Labute approximate surface area is 212 Å². The number of esters is 1. The van der Waals surface area contributed by atoms with Crippen molar-refractivity contribution in [1.82, 2.24) is 5.32 Å². The van der Waals surface area contributed by atoms with E-state index in [4.69, 9.17) is 14.2 Å². The fourth-order valence-electron chi connectivity index (χ4n) is 4.73. The molecule has 8 heteroatoms. The van der Waals surface area contributed by atoms with Crippen LogP contribution in [0, 0.1) is 0 Å². The summed E-state index contributed by atoms with van der Waals surface area (Å²) in [4.78, 5) is 28.2. The first-order valence-electron chi connectivity index (χ1n) is 11.1. The maximum Gasteiger partial charge on any atom is 0.337 e. The Bertz CT molecular complexity index is 1180. The lowest BCUT2D eigenvalue weighted by Crippen LogP contribution is -2.36. The number of benzene rings is 1. The minimum atomic E-state index is -0.628. The lowest BCUT2D eigenvalue weighted by Gasteiger charge is -2.37. The summed E-state index contributed by atoms with van der Waals surface area (Å²) in [7, 11) is 3.15. The lowest BCUT2D eigenvalue weighted by atomic mass is 9.72. The van der Waals surface area contributed by atoms with E-state index < -0.39 is 11.9 Å². The molecule has 0 spiro atoms. The molecule has 2 aliphatic rings. The largest absolute Gasteiger partial charge is 0.496 e. The molecule has 2 atom stereocenters. The van der Waals surface area contributed by atoms with Crippen LogP contribution in [0.5, 0.6) is 11.5 Å². The first-order valence-corrected chi connectivity index (χ1v) is 12.8. The van der Waals surface area contributed by atoms with Crippen LogP contribution in [0.1, 0.15) is 55.9 Å². The predicted molar refractivity (Wildman–Crippen MR) is 135 cm³/mol. The van der Waals surface area contributed by atoms with Crippen LogP contribution in [-0.4, -0.2) is 32.1 Å². The van der Waals surface area contributed by atoms with Crippen molar-refractivity contribution < 1.29 is 23.8 Å². The zero-order valence-corrected chi connectivity index (χ0v) is 22.3. The number of dihydropyridines is 1. The van der Waals surface area contributed by atoms with Gasteiger partial charge in [-0.05, 0) is 66.7 Å². The van der Waals surface area contributed by atoms with E-state index in [1.165, 1.54) is 4.88 Å². The van der Waals surface area contributed by atoms with Gasteiger partial charge in [0, 0.05) is 39.7 Å². The molecule has 2 aromatic rings. The summed E-state index contributed by atoms with van der Waals surface area (Å²) in [6.07, 6.45) is 0.784. The van der Waals surface area contributed by atoms with E-state index in [1.807, 2.05) is 38.3 Å². The molecule has 4 rings (SSSR count). The van der Waals surface area contributed by atoms with Crippen molar-refractivity contribution in [1.29, 1.82) is 0 Å². The summed E-state index contributed by atoms with van der Waals surface area (Å²) in [6.45, 7) is 5.48. The summed E-state index contributed by atoms with van der Waals surface area (Å²) >= 11 is 5.17. The second-order valence-electron chi connectivity index (χ2n) is 8.72. The molecular formula is C26H28BrNO5S. The molecule has 6 nitrogen and oxygen atoms in total. The molecule has 34 heavy (non-hydrogen) atoms. The summed E-state index contributed by atoms with van der Waals surface area (Å²) in [5.41, 5.74) is 3.23. The molecule has 2 heterocycles. The number of Topliss-reactive ketones (excluding diaryl/α,β-unsaturated/α-hetero) is 1. The van der Waals surface area contributed by atoms with E-state index in [0.717, 1.165) is 10.2 Å². The second-order valence-corrected chi connectivity index (χ2v) is 10.5. The van der Waals surface area contributed by atoms with Crippen molar-refractivity contribution in [3.63, 3.8) is 0 Å². The third kappa shape index (κ3) is 4.53. The number of allylic oxidation sites excluding steroid dienone is 3. The van der Waals surface area contributed by atoms with Gasteiger partial charge in [0.25, 0.3) is 0 Å². The number of carbonyl (C=O) groups excluding carboxylic acids is 2. The van der Waals surface area contributed by atoms with Crippen LogP contribution in [0.25, 0.3) is 0 Å². The van der Waals surface area contributed by atoms with Crippen molar-refractivity contribution in [2.24, 2.45) is 0 Å². The summed E-state index contributed by atoms with van der Waals surface area (Å²) in [5, 5.41) is 5.42. The van der Waals surface area contributed by atoms with E-state index in [1.54, 1.807) is 31.6 Å². The molecule has 0 radical (unpaired) electrons. The van der Waals surface area contributed by atoms with E-state index in [9.17, 15) is 9.59 Å². The molecule has 1 aromatic carbocycles. The number of thiophene rings is 1. The number of hydrogen-bond acceptors (Lipinski definition) is 7. The van der Waals surface area contributed by atoms with Gasteiger partial charge in [0.15, 0.2) is 5.78 Å². The smallest absolute Gasteiger partial charge is 0.337 e. The zero-order valence-electron chi connectivity index (χ0n) is 19.9. The molecule has 0 fully saturated rings. The van der Waals surface area contributed by atoms with E-state index >= 15 is 0 Å². The Kier molecular flexibility index (Phi) is 7.19. The van der Waals surface area contributed by atoms with Crippen molar-refractivity contribution in [2.75, 3.05) is 14.2 Å². The first kappa shape index (κ1) is 24.5. The van der Waals surface area contributed by atoms with Gasteiger partial charge in [-0.1, -0.05) is 6.07 Å². The highest BCUT2D eigenvalue weighted by Crippen LogP contribution is 2.49. The normalized spacial score (nSPS) is 20.3. The van der Waals surface area contributed by atoms with Crippen molar-refractivity contribution in [2.45, 2.75) is 51.6 Å². The molecule has 1 N–H and O–H groups in total. The number of rotatable bonds is 6. The Hall–Kier alpha value is -2.58. The lowest BCUT2D eigenvalue weighted by molar-refractivity contribution is -0.143. The number of halogens is 1. The van der Waals surface area contributed by atoms with Crippen molar-refractivity contribution in [3.05, 3.63) is 67.1 Å². The fraction of sp³-hybridized carbons (Fsp3) is 0.385. The van der Waals surface area contributed by atoms with Crippen LogP contribution in [0.2, 0.25) is 0 Å². The maximum absolute atomic E-state index is 13.7. The SMILES string of the molecule is COc1cc([C@H]2C(C(=O)OC(C)C)=C(C)NC3=C2C(=O)C[C@@H](c2cccs2)C3)c(OC)cc1Br. The second kappa shape index (κ2) is 9.96. The fourth-order valence-corrected chi connectivity index (χ4v) is 6.05. The van der Waals surface area contributed by atoms with Crippen LogP contribution in [0.15, 0.2) is 56.7 Å². The molecule has 0 saturated heterocycles. The van der Waals surface area contributed by atoms with Crippen LogP contribution in [0.4, 0.5) is 0 Å². The predicted octanol–water partition coefficient (Wildman–Crippen LogP) is 5.84. The minimum Gasteiger partial charge on any atom is -0.496 e. The van der Waals surface area contributed by atoms with Gasteiger partial charge in [-0.15, -0.1) is 11.3 Å². The molecule has 180 valence electrons. The Morgan fingerprint density at radius 2 is 1.91 bits per heavy atom. The highest BCUT2D eigenvalue weighted by Gasteiger charge is 2.43. The number of ether oxygens (including phenoxy) is 3. The van der Waals surface area contributed by atoms with Gasteiger partial charge >= 0.3 is 5.97 Å². The van der Waals surface area contributed by atoms with Crippen LogP contribution in [-0.2, 0) is 14.3 Å². The standard InChI is InChI=1S/C26H28BrNO5S/c1-13(2)33-26(30)23-14(3)28-18-9-15(22-7-6-8-34-22)10-19(29)25(18)24(23)16-11-21(32-5)17(27)12-20(16)31-4/h6-8,11-13,15,24,28H,9-10H2,1-5H3/t15-,24-/m0/s1. The Morgan fingerprint density at radius 1 is 1.18 bits per heavy atom. The Morgan fingerprint density at radius 3 is 2.53 bits per heavy atom. The van der Waals surface area contributed by atoms with Crippen LogP contribution >= 0.6 is 27.3 Å². The molecule has 0 saturated carbocycles. The number of ketones is 1. The molecule has 0 amide bonds. The van der Waals surface area contributed by atoms with E-state index in [0.29, 0.717) is 46.7 Å². The molecule has 1 aliphatic carbocycles. The number of carbonyl (C=O) groups is 2. The summed E-state index contributed by atoms with van der Waals surface area (Å²) in [5.74, 6) is 0.193. The highest BCUT2D eigenvalue weighted by molar-refractivity contribution is 9.10. The van der Waals surface area contributed by atoms with Crippen molar-refractivity contribution in [3.8, 4) is 11.5 Å². The van der Waals surface area contributed by atoms with Gasteiger partial charge in [0.05, 0.1) is 36.3 Å². The zero-order chi connectivity index (χ0) is 24.6. The number of hydrogen-bond donors (Lipinski definition) is 1. The monoisotopic (exact) mass is 545 g/mol. The third-order valence-corrected chi connectivity index (χ3v) is 7.81. The Balaban J connectivity index is 1.90. The van der Waals surface area contributed by atoms with Crippen LogP contribution in [0.3, 0.4) is 0 Å². The highest BCUT2D eigenvalue weighted by atomic mass is 79.9.